The maximum Gasteiger partial charge on any atom is 0.0202 e. The summed E-state index contributed by atoms with van der Waals surface area (Å²) < 4.78 is 2.39. The first-order chi connectivity index (χ1) is 4.70. The summed E-state index contributed by atoms with van der Waals surface area (Å²) in [6, 6.07) is 0. The monoisotopic (exact) mass is 252 g/mol. The van der Waals surface area contributed by atoms with Crippen LogP contribution in [0.1, 0.15) is 6.42 Å². The normalized spacial score (nSPS) is 33.0. The molecule has 0 aromatic heterocycles. The summed E-state index contributed by atoms with van der Waals surface area (Å²) in [5.74, 6) is 0. The molecule has 58 valence electrons. The molecule has 10 heavy (non-hydrogen) atoms. The number of halogens is 1. The van der Waals surface area contributed by atoms with Crippen molar-refractivity contribution in [2.24, 2.45) is 5.41 Å². The van der Waals surface area contributed by atoms with Gasteiger partial charge in [-0.2, -0.15) is 0 Å². The predicted octanol–water partition coefficient (Wildman–Crippen LogP) is 0.974. The van der Waals surface area contributed by atoms with Crippen molar-refractivity contribution in [2.75, 3.05) is 33.2 Å². The minimum absolute atomic E-state index is 0.704. The molecule has 0 N–H and O–H groups in total. The fourth-order valence-corrected chi connectivity index (χ4v) is 3.55. The molecule has 0 amide bonds. The lowest BCUT2D eigenvalue weighted by atomic mass is 9.81. The summed E-state index contributed by atoms with van der Waals surface area (Å²) in [7, 11) is 2.23. The van der Waals surface area contributed by atoms with E-state index in [4.69, 9.17) is 0 Å². The number of hydrogen-bond acceptors (Lipinski definition) is 2. The van der Waals surface area contributed by atoms with E-state index in [0.29, 0.717) is 5.41 Å². The molecule has 2 fully saturated rings. The highest BCUT2D eigenvalue weighted by Gasteiger charge is 2.45. The van der Waals surface area contributed by atoms with E-state index in [2.05, 4.69) is 37.9 Å². The third-order valence-electron chi connectivity index (χ3n) is 2.64. The fraction of sp³-hybridized carbons (Fsp3) is 1.00. The van der Waals surface area contributed by atoms with Crippen molar-refractivity contribution in [1.82, 2.24) is 8.01 Å². The van der Waals surface area contributed by atoms with Gasteiger partial charge in [-0.05, 0) is 20.0 Å². The first-order valence-electron chi connectivity index (χ1n) is 3.80. The second-order valence-corrected chi connectivity index (χ2v) is 5.13. The highest BCUT2D eigenvalue weighted by Crippen LogP contribution is 2.40. The van der Waals surface area contributed by atoms with Gasteiger partial charge in [0, 0.05) is 47.9 Å². The predicted molar refractivity (Wildman–Crippen MR) is 50.1 cm³/mol. The molecule has 0 saturated carbocycles. The van der Waals surface area contributed by atoms with E-state index >= 15 is 0 Å². The van der Waals surface area contributed by atoms with Gasteiger partial charge >= 0.3 is 0 Å². The van der Waals surface area contributed by atoms with Crippen LogP contribution in [-0.4, -0.2) is 41.2 Å². The van der Waals surface area contributed by atoms with Crippen molar-refractivity contribution in [1.29, 1.82) is 0 Å². The average molecular weight is 252 g/mol. The molecule has 0 bridgehead atoms. The molecule has 0 radical (unpaired) electrons. The Morgan fingerprint density at radius 3 is 2.40 bits per heavy atom. The summed E-state index contributed by atoms with van der Waals surface area (Å²) in [6.45, 7) is 5.27. The minimum atomic E-state index is 0.704. The molecule has 3 heteroatoms. The number of likely N-dealkylation sites (tertiary alicyclic amines) is 1. The van der Waals surface area contributed by atoms with E-state index < -0.39 is 0 Å². The molecular weight excluding hydrogens is 239 g/mol. The number of hydrogen-bond donors (Lipinski definition) is 0. The number of nitrogens with zero attached hydrogens (tertiary/aromatic N) is 2. The van der Waals surface area contributed by atoms with E-state index in [9.17, 15) is 0 Å². The first kappa shape index (κ1) is 7.31. The van der Waals surface area contributed by atoms with Gasteiger partial charge in [0.25, 0.3) is 0 Å². The highest BCUT2D eigenvalue weighted by atomic mass is 127. The summed E-state index contributed by atoms with van der Waals surface area (Å²) in [6.07, 6.45) is 1.42. The van der Waals surface area contributed by atoms with Crippen molar-refractivity contribution in [3.8, 4) is 0 Å². The Morgan fingerprint density at radius 1 is 1.30 bits per heavy atom. The molecule has 0 aliphatic carbocycles. The maximum atomic E-state index is 2.45. The zero-order valence-electron chi connectivity index (χ0n) is 6.31. The molecule has 2 saturated heterocycles. The Hall–Kier alpha value is 0.650. The van der Waals surface area contributed by atoms with E-state index in [-0.39, 0.29) is 0 Å². The van der Waals surface area contributed by atoms with Gasteiger partial charge in [-0.3, -0.25) is 0 Å². The van der Waals surface area contributed by atoms with Crippen molar-refractivity contribution in [2.45, 2.75) is 6.42 Å². The van der Waals surface area contributed by atoms with Crippen molar-refractivity contribution in [3.63, 3.8) is 0 Å². The number of rotatable bonds is 0. The SMILES string of the molecule is CN1CCC2(C1)CN(I)C2. The van der Waals surface area contributed by atoms with Crippen molar-refractivity contribution in [3.05, 3.63) is 0 Å². The Kier molecular flexibility index (Phi) is 1.69. The van der Waals surface area contributed by atoms with E-state index in [1.807, 2.05) is 0 Å². The lowest BCUT2D eigenvalue weighted by Gasteiger charge is -2.44. The quantitative estimate of drug-likeness (QED) is 0.468. The molecular formula is C7H13IN2. The molecule has 2 rings (SSSR count). The van der Waals surface area contributed by atoms with Crippen LogP contribution in [0.3, 0.4) is 0 Å². The van der Waals surface area contributed by atoms with Crippen LogP contribution in [0.25, 0.3) is 0 Å². The summed E-state index contributed by atoms with van der Waals surface area (Å²) >= 11 is 2.41. The van der Waals surface area contributed by atoms with Crippen LogP contribution in [0.4, 0.5) is 0 Å². The third-order valence-corrected chi connectivity index (χ3v) is 3.33. The molecule has 2 heterocycles. The topological polar surface area (TPSA) is 6.48 Å². The molecule has 0 aromatic rings. The van der Waals surface area contributed by atoms with Gasteiger partial charge in [-0.25, -0.2) is 3.11 Å². The van der Waals surface area contributed by atoms with Gasteiger partial charge in [0.1, 0.15) is 0 Å². The largest absolute Gasteiger partial charge is 0.306 e. The smallest absolute Gasteiger partial charge is 0.0202 e. The Morgan fingerprint density at radius 2 is 2.00 bits per heavy atom. The van der Waals surface area contributed by atoms with Crippen LogP contribution >= 0.6 is 22.9 Å². The van der Waals surface area contributed by atoms with E-state index in [0.717, 1.165) is 0 Å². The lowest BCUT2D eigenvalue weighted by Crippen LogP contribution is -2.52. The summed E-state index contributed by atoms with van der Waals surface area (Å²) in [5, 5.41) is 0. The van der Waals surface area contributed by atoms with Gasteiger partial charge in [0.2, 0.25) is 0 Å². The highest BCUT2D eigenvalue weighted by molar-refractivity contribution is 14.1. The van der Waals surface area contributed by atoms with Gasteiger partial charge in [0.15, 0.2) is 0 Å². The van der Waals surface area contributed by atoms with Crippen LogP contribution < -0.4 is 0 Å². The summed E-state index contributed by atoms with van der Waals surface area (Å²) in [5.41, 5.74) is 0.704. The van der Waals surface area contributed by atoms with E-state index in [1.165, 1.54) is 32.6 Å². The molecule has 1 spiro atoms. The molecule has 0 unspecified atom stereocenters. The molecule has 0 atom stereocenters. The van der Waals surface area contributed by atoms with Gasteiger partial charge < -0.3 is 4.90 Å². The van der Waals surface area contributed by atoms with Crippen LogP contribution in [0.5, 0.6) is 0 Å². The lowest BCUT2D eigenvalue weighted by molar-refractivity contribution is 0.107. The zero-order chi connectivity index (χ0) is 7.19. The Labute approximate surface area is 76.1 Å². The van der Waals surface area contributed by atoms with Gasteiger partial charge in [-0.1, -0.05) is 0 Å². The molecule has 2 aliphatic rings. The maximum absolute atomic E-state index is 2.45. The fourth-order valence-electron chi connectivity index (χ4n) is 2.10. The zero-order valence-corrected chi connectivity index (χ0v) is 8.47. The first-order valence-corrected chi connectivity index (χ1v) is 4.76. The van der Waals surface area contributed by atoms with Crippen molar-refractivity contribution >= 4 is 22.9 Å². The van der Waals surface area contributed by atoms with Crippen LogP contribution in [0.15, 0.2) is 0 Å². The molecule has 0 aromatic carbocycles. The summed E-state index contributed by atoms with van der Waals surface area (Å²) in [4.78, 5) is 2.45. The van der Waals surface area contributed by atoms with Gasteiger partial charge in [-0.15, -0.1) is 0 Å². The Bertz CT molecular complexity index is 137. The standard InChI is InChI=1S/C7H13IN2/c1-9-3-2-7(4-9)5-10(8)6-7/h2-6H2,1H3. The molecule has 2 aliphatic heterocycles. The molecule has 2 nitrogen and oxygen atoms in total. The average Bonchev–Trinajstić information content (AvgIpc) is 2.10. The van der Waals surface area contributed by atoms with Gasteiger partial charge in [0.05, 0.1) is 0 Å². The second-order valence-electron chi connectivity index (χ2n) is 3.77. The van der Waals surface area contributed by atoms with Crippen LogP contribution in [0.2, 0.25) is 0 Å². The third kappa shape index (κ3) is 1.08. The van der Waals surface area contributed by atoms with Crippen LogP contribution in [-0.2, 0) is 0 Å². The Balaban J connectivity index is 1.95. The second kappa shape index (κ2) is 2.32. The van der Waals surface area contributed by atoms with Crippen molar-refractivity contribution < 1.29 is 0 Å². The van der Waals surface area contributed by atoms with E-state index in [1.54, 1.807) is 0 Å². The van der Waals surface area contributed by atoms with Crippen LogP contribution in [0, 0.1) is 5.41 Å². The minimum Gasteiger partial charge on any atom is -0.306 e.